The van der Waals surface area contributed by atoms with Gasteiger partial charge in [0.2, 0.25) is 0 Å². The van der Waals surface area contributed by atoms with Crippen LogP contribution in [0.1, 0.15) is 30.0 Å². The van der Waals surface area contributed by atoms with E-state index in [-0.39, 0.29) is 0 Å². The van der Waals surface area contributed by atoms with E-state index in [1.165, 1.54) is 0 Å². The molecule has 7 heteroatoms. The molecule has 1 aliphatic rings. The molecule has 0 spiro atoms. The van der Waals surface area contributed by atoms with Crippen molar-refractivity contribution in [2.45, 2.75) is 36.4 Å². The molecule has 1 aliphatic heterocycles. The van der Waals surface area contributed by atoms with E-state index in [1.54, 1.807) is 37.4 Å². The maximum absolute atomic E-state index is 9.96. The minimum absolute atomic E-state index is 0.541. The normalized spacial score (nSPS) is 13.8. The van der Waals surface area contributed by atoms with Crippen LogP contribution in [0, 0.1) is 6.92 Å². The number of hydrogen-bond acceptors (Lipinski definition) is 6. The number of anilines is 2. The summed E-state index contributed by atoms with van der Waals surface area (Å²) in [6.45, 7) is 4.34. The van der Waals surface area contributed by atoms with Crippen molar-refractivity contribution >= 4 is 23.3 Å². The van der Waals surface area contributed by atoms with Gasteiger partial charge in [-0.3, -0.25) is 0 Å². The molecule has 0 saturated heterocycles. The smallest absolute Gasteiger partial charge is 0.163 e. The molecule has 24 heavy (non-hydrogen) atoms. The van der Waals surface area contributed by atoms with Gasteiger partial charge in [0.25, 0.3) is 0 Å². The molecule has 3 aromatic rings. The van der Waals surface area contributed by atoms with Gasteiger partial charge in [-0.1, -0.05) is 17.8 Å². The first-order valence-corrected chi connectivity index (χ1v) is 8.52. The van der Waals surface area contributed by atoms with Gasteiger partial charge in [0.05, 0.1) is 29.5 Å². The second-order valence-corrected chi connectivity index (χ2v) is 6.82. The minimum Gasteiger partial charge on any atom is -0.387 e. The van der Waals surface area contributed by atoms with Crippen molar-refractivity contribution in [2.75, 3.05) is 5.32 Å². The van der Waals surface area contributed by atoms with Crippen molar-refractivity contribution in [1.82, 2.24) is 19.5 Å². The summed E-state index contributed by atoms with van der Waals surface area (Å²) < 4.78 is 1.99. The van der Waals surface area contributed by atoms with E-state index < -0.39 is 6.10 Å². The summed E-state index contributed by atoms with van der Waals surface area (Å²) in [7, 11) is 0. The van der Waals surface area contributed by atoms with Crippen LogP contribution >= 0.6 is 11.8 Å². The Kier molecular flexibility index (Phi) is 3.74. The molecule has 1 unspecified atom stereocenters. The molecule has 0 aliphatic carbocycles. The van der Waals surface area contributed by atoms with Crippen LogP contribution in [-0.2, 0) is 6.54 Å². The van der Waals surface area contributed by atoms with Crippen molar-refractivity contribution < 1.29 is 5.11 Å². The topological polar surface area (TPSA) is 75.9 Å². The van der Waals surface area contributed by atoms with Crippen LogP contribution in [0.2, 0.25) is 0 Å². The van der Waals surface area contributed by atoms with E-state index in [1.807, 2.05) is 11.5 Å². The molecule has 122 valence electrons. The highest BCUT2D eigenvalue weighted by Gasteiger charge is 2.18. The Hall–Kier alpha value is -2.38. The lowest BCUT2D eigenvalue weighted by molar-refractivity contribution is 0.189. The van der Waals surface area contributed by atoms with Crippen molar-refractivity contribution in [3.05, 3.63) is 53.9 Å². The van der Waals surface area contributed by atoms with E-state index in [4.69, 9.17) is 0 Å². The Bertz CT molecular complexity index is 906. The van der Waals surface area contributed by atoms with Gasteiger partial charge in [-0.15, -0.1) is 0 Å². The third-order valence-electron chi connectivity index (χ3n) is 3.99. The first kappa shape index (κ1) is 15.2. The molecule has 1 atom stereocenters. The van der Waals surface area contributed by atoms with Crippen LogP contribution < -0.4 is 5.32 Å². The largest absolute Gasteiger partial charge is 0.387 e. The summed E-state index contributed by atoms with van der Waals surface area (Å²) in [6.07, 6.45) is 4.62. The van der Waals surface area contributed by atoms with Crippen LogP contribution in [0.25, 0.3) is 0 Å². The van der Waals surface area contributed by atoms with Crippen molar-refractivity contribution in [1.29, 1.82) is 0 Å². The van der Waals surface area contributed by atoms with Gasteiger partial charge in [0.1, 0.15) is 5.03 Å². The third-order valence-corrected chi connectivity index (χ3v) is 5.06. The van der Waals surface area contributed by atoms with Crippen molar-refractivity contribution in [2.24, 2.45) is 0 Å². The number of fused-ring (bicyclic) bond motifs is 2. The first-order valence-electron chi connectivity index (χ1n) is 7.70. The van der Waals surface area contributed by atoms with Gasteiger partial charge in [-0.2, -0.15) is 0 Å². The zero-order valence-electron chi connectivity index (χ0n) is 13.4. The first-order chi connectivity index (χ1) is 11.6. The van der Waals surface area contributed by atoms with E-state index in [9.17, 15) is 5.11 Å². The fourth-order valence-electron chi connectivity index (χ4n) is 2.94. The molecule has 0 bridgehead atoms. The van der Waals surface area contributed by atoms with Gasteiger partial charge < -0.3 is 15.0 Å². The number of imidazole rings is 1. The highest BCUT2D eigenvalue weighted by Crippen LogP contribution is 2.42. The maximum Gasteiger partial charge on any atom is 0.163 e. The molecular weight excluding hydrogens is 322 g/mol. The Balaban J connectivity index is 1.64. The fraction of sp³-hybridized carbons (Fsp3) is 0.235. The molecule has 0 radical (unpaired) electrons. The molecule has 0 fully saturated rings. The Morgan fingerprint density at radius 1 is 1.25 bits per heavy atom. The molecule has 2 aromatic heterocycles. The van der Waals surface area contributed by atoms with Crippen LogP contribution in [0.4, 0.5) is 11.5 Å². The Morgan fingerprint density at radius 2 is 2.08 bits per heavy atom. The van der Waals surface area contributed by atoms with Gasteiger partial charge in [0.15, 0.2) is 5.82 Å². The molecule has 0 amide bonds. The average molecular weight is 339 g/mol. The van der Waals surface area contributed by atoms with Crippen LogP contribution in [-0.4, -0.2) is 24.6 Å². The summed E-state index contributed by atoms with van der Waals surface area (Å²) in [6, 6.07) is 6.29. The van der Waals surface area contributed by atoms with E-state index >= 15 is 0 Å². The number of aliphatic hydroxyl groups excluding tert-OH is 1. The number of rotatable bonds is 3. The molecule has 3 heterocycles. The predicted octanol–water partition coefficient (Wildman–Crippen LogP) is 3.29. The fourth-order valence-corrected chi connectivity index (χ4v) is 3.82. The highest BCUT2D eigenvalue weighted by molar-refractivity contribution is 7.99. The van der Waals surface area contributed by atoms with Crippen molar-refractivity contribution in [3.63, 3.8) is 0 Å². The molecule has 0 saturated carbocycles. The van der Waals surface area contributed by atoms with Gasteiger partial charge in [-0.05, 0) is 31.5 Å². The standard InChI is InChI=1S/C17H17N5OS/c1-10-15(11(2)23)22(9-20-10)8-12-3-4-14-13(7-12)21-16-17(24-14)19-6-5-18-16/h3-7,9,11,23H,8H2,1-2H3,(H,18,21). The number of aromatic nitrogens is 4. The van der Waals surface area contributed by atoms with Crippen molar-refractivity contribution in [3.8, 4) is 0 Å². The number of hydrogen-bond donors (Lipinski definition) is 2. The number of nitrogens with one attached hydrogen (secondary N) is 1. The zero-order chi connectivity index (χ0) is 16.7. The van der Waals surface area contributed by atoms with E-state index in [2.05, 4.69) is 38.5 Å². The lowest BCUT2D eigenvalue weighted by atomic mass is 10.1. The molecule has 4 rings (SSSR count). The van der Waals surface area contributed by atoms with Gasteiger partial charge in [-0.25, -0.2) is 15.0 Å². The van der Waals surface area contributed by atoms with E-state index in [0.29, 0.717) is 6.54 Å². The number of nitrogens with zero attached hydrogens (tertiary/aromatic N) is 4. The monoisotopic (exact) mass is 339 g/mol. The summed E-state index contributed by atoms with van der Waals surface area (Å²) in [5.74, 6) is 0.787. The molecule has 1 aromatic carbocycles. The summed E-state index contributed by atoms with van der Waals surface area (Å²) in [5.41, 5.74) is 3.88. The maximum atomic E-state index is 9.96. The molecular formula is C17H17N5OS. The number of aryl methyl sites for hydroxylation is 1. The van der Waals surface area contributed by atoms with Gasteiger partial charge >= 0.3 is 0 Å². The third kappa shape index (κ3) is 2.65. The molecule has 6 nitrogen and oxygen atoms in total. The average Bonchev–Trinajstić information content (AvgIpc) is 2.93. The summed E-state index contributed by atoms with van der Waals surface area (Å²) in [4.78, 5) is 14.1. The lowest BCUT2D eigenvalue weighted by Crippen LogP contribution is -2.08. The Morgan fingerprint density at radius 3 is 2.92 bits per heavy atom. The lowest BCUT2D eigenvalue weighted by Gasteiger charge is -2.20. The quantitative estimate of drug-likeness (QED) is 0.596. The predicted molar refractivity (Wildman–Crippen MR) is 92.6 cm³/mol. The molecule has 2 N–H and O–H groups in total. The SMILES string of the molecule is Cc1ncn(Cc2ccc3c(c2)Nc2nccnc2S3)c1C(C)O. The number of aliphatic hydroxyl groups is 1. The van der Waals surface area contributed by atoms with E-state index in [0.717, 1.165) is 38.4 Å². The zero-order valence-corrected chi connectivity index (χ0v) is 14.2. The Labute approximate surface area is 144 Å². The summed E-state index contributed by atoms with van der Waals surface area (Å²) >= 11 is 1.61. The van der Waals surface area contributed by atoms with Crippen LogP contribution in [0.5, 0.6) is 0 Å². The summed E-state index contributed by atoms with van der Waals surface area (Å²) in [5, 5.41) is 14.2. The second kappa shape index (κ2) is 5.92. The highest BCUT2D eigenvalue weighted by atomic mass is 32.2. The van der Waals surface area contributed by atoms with Gasteiger partial charge in [0, 0.05) is 23.8 Å². The van der Waals surface area contributed by atoms with Crippen LogP contribution in [0.3, 0.4) is 0 Å². The number of benzene rings is 1. The minimum atomic E-state index is -0.541. The second-order valence-electron chi connectivity index (χ2n) is 5.79. The van der Waals surface area contributed by atoms with Crippen LogP contribution in [0.15, 0.2) is 46.8 Å².